The van der Waals surface area contributed by atoms with Crippen LogP contribution in [0.3, 0.4) is 0 Å². The molecule has 1 saturated heterocycles. The molecule has 0 radical (unpaired) electrons. The molecular formula is C14H20N2O2. The fourth-order valence-corrected chi connectivity index (χ4v) is 2.65. The zero-order chi connectivity index (χ0) is 13.0. The molecule has 0 unspecified atom stereocenters. The molecule has 0 spiro atoms. The number of amides is 1. The Morgan fingerprint density at radius 1 is 1.39 bits per heavy atom. The smallest absolute Gasteiger partial charge is 0.223 e. The first kappa shape index (κ1) is 13.1. The average Bonchev–Trinajstić information content (AvgIpc) is 2.42. The molecule has 1 aliphatic heterocycles. The summed E-state index contributed by atoms with van der Waals surface area (Å²) in [6.07, 6.45) is 2.37. The van der Waals surface area contributed by atoms with Crippen LogP contribution >= 0.6 is 0 Å². The van der Waals surface area contributed by atoms with Gasteiger partial charge in [-0.1, -0.05) is 30.3 Å². The molecule has 3 N–H and O–H groups in total. The number of likely N-dealkylation sites (tertiary alicyclic amines) is 1. The predicted molar refractivity (Wildman–Crippen MR) is 69.8 cm³/mol. The second-order valence-corrected chi connectivity index (χ2v) is 4.69. The van der Waals surface area contributed by atoms with E-state index in [2.05, 4.69) is 0 Å². The number of piperidine rings is 1. The zero-order valence-electron chi connectivity index (χ0n) is 10.5. The maximum atomic E-state index is 12.1. The second-order valence-electron chi connectivity index (χ2n) is 4.69. The van der Waals surface area contributed by atoms with E-state index in [1.165, 1.54) is 0 Å². The molecule has 0 aliphatic carbocycles. The third kappa shape index (κ3) is 2.54. The quantitative estimate of drug-likeness (QED) is 0.837. The number of carbonyl (C=O) groups is 1. The topological polar surface area (TPSA) is 66.6 Å². The van der Waals surface area contributed by atoms with Crippen LogP contribution in [0, 0.1) is 0 Å². The van der Waals surface area contributed by atoms with E-state index in [9.17, 15) is 9.90 Å². The third-order valence-corrected chi connectivity index (χ3v) is 3.57. The third-order valence-electron chi connectivity index (χ3n) is 3.57. The minimum Gasteiger partial charge on any atom is -0.394 e. The fraction of sp³-hybridized carbons (Fsp3) is 0.500. The van der Waals surface area contributed by atoms with E-state index >= 15 is 0 Å². The van der Waals surface area contributed by atoms with Gasteiger partial charge in [0.05, 0.1) is 12.6 Å². The van der Waals surface area contributed by atoms with Gasteiger partial charge in [0.25, 0.3) is 0 Å². The number of rotatable bonds is 4. The average molecular weight is 248 g/mol. The SMILES string of the molecule is NC[C@@H]1CCCC(=O)N1[C@@H](CO)c1ccccc1. The molecule has 1 amide bonds. The van der Waals surface area contributed by atoms with E-state index in [4.69, 9.17) is 5.73 Å². The molecule has 1 aromatic rings. The fourth-order valence-electron chi connectivity index (χ4n) is 2.65. The monoisotopic (exact) mass is 248 g/mol. The minimum absolute atomic E-state index is 0.0450. The van der Waals surface area contributed by atoms with Crippen LogP contribution in [0.5, 0.6) is 0 Å². The molecule has 1 fully saturated rings. The lowest BCUT2D eigenvalue weighted by Gasteiger charge is -2.40. The van der Waals surface area contributed by atoms with Crippen molar-refractivity contribution in [3.05, 3.63) is 35.9 Å². The van der Waals surface area contributed by atoms with Crippen molar-refractivity contribution in [2.24, 2.45) is 5.73 Å². The summed E-state index contributed by atoms with van der Waals surface area (Å²) >= 11 is 0. The van der Waals surface area contributed by atoms with Gasteiger partial charge in [-0.05, 0) is 18.4 Å². The van der Waals surface area contributed by atoms with Crippen molar-refractivity contribution in [1.82, 2.24) is 4.90 Å². The van der Waals surface area contributed by atoms with Gasteiger partial charge in [0.15, 0.2) is 0 Å². The lowest BCUT2D eigenvalue weighted by atomic mass is 9.96. The highest BCUT2D eigenvalue weighted by molar-refractivity contribution is 5.78. The molecule has 1 aromatic carbocycles. The van der Waals surface area contributed by atoms with E-state index in [-0.39, 0.29) is 24.6 Å². The van der Waals surface area contributed by atoms with Gasteiger partial charge in [0.2, 0.25) is 5.91 Å². The molecule has 0 bridgehead atoms. The molecular weight excluding hydrogens is 228 g/mol. The first-order valence-corrected chi connectivity index (χ1v) is 6.45. The number of aliphatic hydroxyl groups is 1. The van der Waals surface area contributed by atoms with Crippen molar-refractivity contribution < 1.29 is 9.90 Å². The second kappa shape index (κ2) is 5.98. The molecule has 1 heterocycles. The van der Waals surface area contributed by atoms with Crippen molar-refractivity contribution >= 4 is 5.91 Å². The van der Waals surface area contributed by atoms with Crippen LogP contribution in [0.25, 0.3) is 0 Å². The molecule has 0 saturated carbocycles. The van der Waals surface area contributed by atoms with E-state index in [1.807, 2.05) is 30.3 Å². The van der Waals surface area contributed by atoms with E-state index in [0.717, 1.165) is 18.4 Å². The molecule has 1 aliphatic rings. The molecule has 18 heavy (non-hydrogen) atoms. The Labute approximate surface area is 107 Å². The van der Waals surface area contributed by atoms with Gasteiger partial charge < -0.3 is 15.7 Å². The molecule has 2 rings (SSSR count). The summed E-state index contributed by atoms with van der Waals surface area (Å²) in [6.45, 7) is 0.390. The van der Waals surface area contributed by atoms with Crippen LogP contribution in [0.2, 0.25) is 0 Å². The Kier molecular flexibility index (Phi) is 4.33. The van der Waals surface area contributed by atoms with Gasteiger partial charge in [-0.3, -0.25) is 4.79 Å². The van der Waals surface area contributed by atoms with Crippen LogP contribution in [0.4, 0.5) is 0 Å². The Bertz CT molecular complexity index is 394. The van der Waals surface area contributed by atoms with Gasteiger partial charge in [0, 0.05) is 19.0 Å². The largest absolute Gasteiger partial charge is 0.394 e. The Morgan fingerprint density at radius 3 is 2.72 bits per heavy atom. The number of hydrogen-bond acceptors (Lipinski definition) is 3. The molecule has 4 nitrogen and oxygen atoms in total. The molecule has 4 heteroatoms. The first-order chi connectivity index (χ1) is 8.77. The summed E-state index contributed by atoms with van der Waals surface area (Å²) in [5.41, 5.74) is 6.72. The minimum atomic E-state index is -0.271. The summed E-state index contributed by atoms with van der Waals surface area (Å²) in [5.74, 6) is 0.0969. The normalized spacial score (nSPS) is 22.0. The maximum Gasteiger partial charge on any atom is 0.223 e. The highest BCUT2D eigenvalue weighted by Gasteiger charge is 2.33. The van der Waals surface area contributed by atoms with Crippen LogP contribution in [0.1, 0.15) is 30.9 Å². The summed E-state index contributed by atoms with van der Waals surface area (Å²) in [7, 11) is 0. The van der Waals surface area contributed by atoms with Gasteiger partial charge in [-0.2, -0.15) is 0 Å². The van der Waals surface area contributed by atoms with Crippen molar-refractivity contribution in [2.45, 2.75) is 31.3 Å². The van der Waals surface area contributed by atoms with Crippen molar-refractivity contribution in [3.63, 3.8) is 0 Å². The predicted octanol–water partition coefficient (Wildman–Crippen LogP) is 1.06. The summed E-state index contributed by atoms with van der Waals surface area (Å²) in [5, 5.41) is 9.63. The lowest BCUT2D eigenvalue weighted by molar-refractivity contribution is -0.140. The highest BCUT2D eigenvalue weighted by Crippen LogP contribution is 2.28. The number of benzene rings is 1. The van der Waals surface area contributed by atoms with Gasteiger partial charge in [-0.15, -0.1) is 0 Å². The van der Waals surface area contributed by atoms with Crippen LogP contribution in [-0.2, 0) is 4.79 Å². The van der Waals surface area contributed by atoms with Gasteiger partial charge in [0.1, 0.15) is 0 Å². The summed E-state index contributed by atoms with van der Waals surface area (Å²) < 4.78 is 0. The van der Waals surface area contributed by atoms with E-state index in [0.29, 0.717) is 13.0 Å². The number of aliphatic hydroxyl groups excluding tert-OH is 1. The van der Waals surface area contributed by atoms with Crippen molar-refractivity contribution in [1.29, 1.82) is 0 Å². The first-order valence-electron chi connectivity index (χ1n) is 6.45. The number of nitrogens with two attached hydrogens (primary N) is 1. The molecule has 98 valence electrons. The van der Waals surface area contributed by atoms with Crippen LogP contribution in [-0.4, -0.2) is 35.1 Å². The van der Waals surface area contributed by atoms with E-state index < -0.39 is 0 Å². The van der Waals surface area contributed by atoms with Crippen LogP contribution in [0.15, 0.2) is 30.3 Å². The van der Waals surface area contributed by atoms with E-state index in [1.54, 1.807) is 4.90 Å². The summed E-state index contributed by atoms with van der Waals surface area (Å²) in [6, 6.07) is 9.42. The van der Waals surface area contributed by atoms with Crippen LogP contribution < -0.4 is 5.73 Å². The number of carbonyl (C=O) groups excluding carboxylic acids is 1. The molecule has 2 atom stereocenters. The Balaban J connectivity index is 2.27. The standard InChI is InChI=1S/C14H20N2O2/c15-9-12-7-4-8-14(18)16(12)13(10-17)11-5-2-1-3-6-11/h1-3,5-6,12-13,17H,4,7-10,15H2/t12-,13-/m0/s1. The van der Waals surface area contributed by atoms with Gasteiger partial charge in [-0.25, -0.2) is 0 Å². The molecule has 0 aromatic heterocycles. The highest BCUT2D eigenvalue weighted by atomic mass is 16.3. The Morgan fingerprint density at radius 2 is 2.11 bits per heavy atom. The zero-order valence-corrected chi connectivity index (χ0v) is 10.5. The number of hydrogen-bond donors (Lipinski definition) is 2. The lowest BCUT2D eigenvalue weighted by Crippen LogP contribution is -2.50. The maximum absolute atomic E-state index is 12.1. The van der Waals surface area contributed by atoms with Crippen molar-refractivity contribution in [3.8, 4) is 0 Å². The Hall–Kier alpha value is -1.39. The van der Waals surface area contributed by atoms with Gasteiger partial charge >= 0.3 is 0 Å². The van der Waals surface area contributed by atoms with Crippen molar-refractivity contribution in [2.75, 3.05) is 13.2 Å². The summed E-state index contributed by atoms with van der Waals surface area (Å²) in [4.78, 5) is 13.9. The number of nitrogens with zero attached hydrogens (tertiary/aromatic N) is 1.